The van der Waals surface area contributed by atoms with Gasteiger partial charge in [-0.05, 0) is 255 Å². The molecule has 3 aliphatic rings. The summed E-state index contributed by atoms with van der Waals surface area (Å²) >= 11 is 0. The number of primary amides is 4. The van der Waals surface area contributed by atoms with Crippen molar-refractivity contribution in [1.82, 2.24) is 10.6 Å². The summed E-state index contributed by atoms with van der Waals surface area (Å²) in [6, 6.07) is -1.11. The quantitative estimate of drug-likeness (QED) is 0.0205. The number of carboxylic acids is 5. The first-order valence-electron chi connectivity index (χ1n) is 52.5. The third-order valence-corrected chi connectivity index (χ3v) is 21.9. The number of nitrogens with zero attached hydrogens (tertiary/aromatic N) is 3. The number of nitrogens with one attached hydrogen (secondary N) is 2. The SMILES string of the molecule is CC(C)(C)C(CCCCN)C(=O)O.CC(C)(C)C1CCC(C(=O)O)CC1.CC(C)(C)C1CCC(O)CC1.CC(C)(C)CC(=O)O.CC(C)(C)CC(N)=O.CC(C)(C)CCCC(N)=O.CC(C)(C)CCCC1=NN=NC1.CC(C)(C)CCCCC(N)C(=O)O.CC(C)(C)CCCNC(=O)C(N)=O.CC(C)(C)CCCNC(N)=O.CC(C)(C)CCCO.CC(C)(C)CCO.CC(C)(C)CCOCCOCCC(=O)O. The van der Waals surface area contributed by atoms with Crippen LogP contribution in [0.3, 0.4) is 0 Å². The van der Waals surface area contributed by atoms with Crippen molar-refractivity contribution in [3.8, 4) is 0 Å². The van der Waals surface area contributed by atoms with Crippen LogP contribution < -0.4 is 45.0 Å². The van der Waals surface area contributed by atoms with Crippen molar-refractivity contribution < 1.29 is 98.3 Å². The number of amides is 6. The van der Waals surface area contributed by atoms with Crippen molar-refractivity contribution in [1.29, 1.82) is 0 Å². The zero-order valence-electron chi connectivity index (χ0n) is 98.4. The maximum Gasteiger partial charge on any atom is 0.320 e. The first-order chi connectivity index (χ1) is 63.7. The zero-order chi connectivity index (χ0) is 114. The fraction of sp³-hybridized carbons (Fsp3) is 0.901. The molecule has 31 nitrogen and oxygen atoms in total. The molecule has 6 amide bonds. The second kappa shape index (κ2) is 81.5. The van der Waals surface area contributed by atoms with E-state index in [0.29, 0.717) is 120 Å². The molecule has 2 atom stereocenters. The van der Waals surface area contributed by atoms with E-state index in [1.165, 1.54) is 25.7 Å². The summed E-state index contributed by atoms with van der Waals surface area (Å²) in [7, 11) is 0. The van der Waals surface area contributed by atoms with Crippen LogP contribution in [0.2, 0.25) is 0 Å². The molecule has 0 aromatic heterocycles. The lowest BCUT2D eigenvalue weighted by atomic mass is 9.70. The second-order valence-electron chi connectivity index (χ2n) is 53.4. The highest BCUT2D eigenvalue weighted by Gasteiger charge is 2.34. The van der Waals surface area contributed by atoms with Crippen LogP contribution in [0.5, 0.6) is 0 Å². The van der Waals surface area contributed by atoms with Gasteiger partial charge in [0.2, 0.25) is 11.8 Å². The largest absolute Gasteiger partial charge is 0.481 e. The fourth-order valence-corrected chi connectivity index (χ4v) is 13.2. The van der Waals surface area contributed by atoms with Crippen LogP contribution in [0.1, 0.15) is 475 Å². The first kappa shape index (κ1) is 156. The summed E-state index contributed by atoms with van der Waals surface area (Å²) in [5.74, 6) is -4.56. The minimum atomic E-state index is -0.921. The number of carbonyl (C=O) groups is 10. The van der Waals surface area contributed by atoms with Gasteiger partial charge < -0.3 is 95.4 Å². The number of unbranched alkanes of at least 4 members (excludes halogenated alkanes) is 2. The molecule has 3 rings (SSSR count). The number of hydrogen-bond donors (Lipinski definition) is 16. The molecule has 1 heterocycles. The van der Waals surface area contributed by atoms with Gasteiger partial charge in [-0.1, -0.05) is 289 Å². The molecule has 2 aliphatic carbocycles. The van der Waals surface area contributed by atoms with Crippen LogP contribution in [0.25, 0.3) is 0 Å². The summed E-state index contributed by atoms with van der Waals surface area (Å²) < 4.78 is 10.4. The summed E-state index contributed by atoms with van der Waals surface area (Å²) in [4.78, 5) is 104. The Morgan fingerprint density at radius 2 is 0.768 bits per heavy atom. The molecule has 31 heteroatoms. The van der Waals surface area contributed by atoms with Crippen LogP contribution in [0, 0.1) is 94.1 Å². The van der Waals surface area contributed by atoms with Gasteiger partial charge in [-0.2, -0.15) is 5.11 Å². The third kappa shape index (κ3) is 142. The highest BCUT2D eigenvalue weighted by molar-refractivity contribution is 6.34. The average molecular weight is 2040 g/mol. The Balaban J connectivity index is -0.000000167. The van der Waals surface area contributed by atoms with Crippen LogP contribution in [0.4, 0.5) is 4.79 Å². The van der Waals surface area contributed by atoms with E-state index in [9.17, 15) is 53.1 Å². The lowest BCUT2D eigenvalue weighted by molar-refractivity contribution is -0.146. The van der Waals surface area contributed by atoms with Crippen molar-refractivity contribution >= 4 is 65.2 Å². The molecule has 0 aromatic rings. The van der Waals surface area contributed by atoms with E-state index in [0.717, 1.165) is 172 Å². The summed E-state index contributed by atoms with van der Waals surface area (Å²) in [6.07, 6.45) is 29.3. The minimum absolute atomic E-state index is 0.00593. The summed E-state index contributed by atoms with van der Waals surface area (Å²) in [5.41, 5.74) is 34.7. The molecule has 2 saturated carbocycles. The van der Waals surface area contributed by atoms with Gasteiger partial charge in [-0.3, -0.25) is 43.2 Å². The van der Waals surface area contributed by atoms with Gasteiger partial charge >= 0.3 is 47.7 Å². The predicted octanol–water partition coefficient (Wildman–Crippen LogP) is 23.5. The van der Waals surface area contributed by atoms with E-state index in [-0.39, 0.29) is 70.9 Å². The standard InChI is InChI=1S/C11H22O4.C11H20O2.2C10H21NO2.C10H20O.C9H17N3.C9H18N2O2.C8H18N2O.C8H17NO.C7H16O.C6H13NO.C6H12O2.C6H14O/c1-11(2,3)5-7-15-9-8-14-6-4-10(12)13;1-11(2,3)9-6-4-8(5-7-9)10(12)13;1-10(2,3)8(9(12)13)6-4-5-7-11;1-10(2,3)7-5-4-6-8(11)9(12)13;1-10(2,3)8-4-6-9(11)7-5-8;1-9(2,3)6-4-5-8-7-10-12-11-8;1-9(2,3)5-4-6-11-8(13)7(10)12;1-8(2,3)5-4-6-10-7(9)11;1-8(2,3)6-4-5-7(9)10;1-7(2,3)5-4-6-8;2*1-6(2,3)4-5(7)8;1-6(2,3)4-5-7/h4-9H2,1-3H3,(H,12,13);8-9H,4-7H2,1-3H3,(H,12,13);2*8H,4-7,11H2,1-3H3,(H,12,13);8-9,11H,4-7H2,1-3H3;4-7H2,1-3H3;4-6H2,1-3H3,(H2,10,12)(H,11,13);4-6H2,1-3H3,(H3,9,10,11);4-6H2,1-3H3,(H2,9,10);8H,4-6H2,1-3H3;4H2,1-3H3,(H2,7,8);4H2,1-3H3,(H,7,8);7H,4-5H2,1-3H3. The first-order valence-corrected chi connectivity index (χ1v) is 52.5. The van der Waals surface area contributed by atoms with Gasteiger partial charge in [0.1, 0.15) is 12.6 Å². The van der Waals surface area contributed by atoms with Crippen LogP contribution in [-0.4, -0.2) is 184 Å². The molecule has 1 aliphatic heterocycles. The lowest BCUT2D eigenvalue weighted by Gasteiger charge is -2.35. The molecule has 0 aromatic carbocycles. The van der Waals surface area contributed by atoms with Crippen LogP contribution in [-0.2, 0) is 52.6 Å². The highest BCUT2D eigenvalue weighted by Crippen LogP contribution is 2.41. The molecule has 848 valence electrons. The molecule has 142 heavy (non-hydrogen) atoms. The van der Waals surface area contributed by atoms with E-state index in [1.54, 1.807) is 0 Å². The highest BCUT2D eigenvalue weighted by atomic mass is 16.5. The van der Waals surface area contributed by atoms with Crippen molar-refractivity contribution in [3.05, 3.63) is 0 Å². The number of carboxylic acid groups (broad SMARTS) is 5. The molecule has 2 fully saturated rings. The molecular weight excluding hydrogens is 1810 g/mol. The Kier molecular flexibility index (Phi) is 89.3. The van der Waals surface area contributed by atoms with Crippen molar-refractivity contribution in [3.63, 3.8) is 0 Å². The zero-order valence-corrected chi connectivity index (χ0v) is 98.4. The van der Waals surface area contributed by atoms with E-state index in [1.807, 2.05) is 62.3 Å². The van der Waals surface area contributed by atoms with Crippen molar-refractivity contribution in [2.75, 3.05) is 65.8 Å². The van der Waals surface area contributed by atoms with Gasteiger partial charge in [-0.15, -0.1) is 5.10 Å². The van der Waals surface area contributed by atoms with Crippen molar-refractivity contribution in [2.24, 2.45) is 144 Å². The van der Waals surface area contributed by atoms with Crippen molar-refractivity contribution in [2.45, 2.75) is 488 Å². The second-order valence-corrected chi connectivity index (χ2v) is 53.4. The third-order valence-electron chi connectivity index (χ3n) is 21.9. The molecule has 0 radical (unpaired) electrons. The Morgan fingerprint density at radius 1 is 0.387 bits per heavy atom. The Bertz CT molecular complexity index is 3250. The summed E-state index contributed by atoms with van der Waals surface area (Å²) in [6.45, 7) is 88.6. The predicted molar refractivity (Wildman–Crippen MR) is 587 cm³/mol. The van der Waals surface area contributed by atoms with Crippen LogP contribution >= 0.6 is 0 Å². The van der Waals surface area contributed by atoms with E-state index in [2.05, 4.69) is 234 Å². The number of hydrogen-bond acceptors (Lipinski definition) is 20. The van der Waals surface area contributed by atoms with Crippen LogP contribution in [0.15, 0.2) is 15.4 Å². The number of ether oxygens (including phenoxy) is 2. The van der Waals surface area contributed by atoms with Gasteiger partial charge in [-0.25, -0.2) is 4.79 Å². The molecule has 0 bridgehead atoms. The Hall–Kier alpha value is -6.51. The van der Waals surface area contributed by atoms with Gasteiger partial charge in [0.25, 0.3) is 0 Å². The van der Waals surface area contributed by atoms with E-state index >= 15 is 0 Å². The Morgan fingerprint density at radius 3 is 1.05 bits per heavy atom. The maximum atomic E-state index is 10.9. The number of aliphatic hydroxyl groups excluding tert-OH is 3. The molecule has 0 spiro atoms. The molecule has 0 saturated heterocycles. The number of carbonyl (C=O) groups excluding carboxylic acids is 5. The average Bonchev–Trinajstić information content (AvgIpc) is 0.844. The van der Waals surface area contributed by atoms with E-state index < -0.39 is 53.7 Å². The molecular formula is C111H229N11O20. The maximum absolute atomic E-state index is 10.9. The smallest absolute Gasteiger partial charge is 0.320 e. The molecule has 22 N–H and O–H groups in total. The van der Waals surface area contributed by atoms with Gasteiger partial charge in [0.05, 0.1) is 56.3 Å². The summed E-state index contributed by atoms with van der Waals surface area (Å²) in [5, 5.41) is 85.3. The van der Waals surface area contributed by atoms with Gasteiger partial charge in [0, 0.05) is 45.8 Å². The minimum Gasteiger partial charge on any atom is -0.481 e. The monoisotopic (exact) mass is 2040 g/mol. The lowest BCUT2D eigenvalue weighted by Crippen LogP contribution is -2.36. The number of aliphatic carboxylic acids is 5. The number of rotatable bonds is 36. The number of nitrogens with two attached hydrogens (primary N) is 6. The number of aliphatic hydroxyl groups is 3. The van der Waals surface area contributed by atoms with E-state index in [4.69, 9.17) is 79.6 Å². The number of urea groups is 1. The fourth-order valence-electron chi connectivity index (χ4n) is 13.2. The Labute approximate surface area is 867 Å². The normalized spacial score (nSPS) is 15.8. The topological polar surface area (TPSA) is 568 Å². The molecule has 2 unspecified atom stereocenters. The van der Waals surface area contributed by atoms with Gasteiger partial charge in [0.15, 0.2) is 0 Å².